The van der Waals surface area contributed by atoms with Crippen LogP contribution in [0.15, 0.2) is 58.5 Å². The minimum absolute atomic E-state index is 0.0937. The van der Waals surface area contributed by atoms with Gasteiger partial charge in [0.25, 0.3) is 10.1 Å². The summed E-state index contributed by atoms with van der Waals surface area (Å²) in [6, 6.07) is 11.6. The number of aryl methyl sites for hydroxylation is 1. The maximum Gasteiger partial charge on any atom is 0.294 e. The zero-order valence-corrected chi connectivity index (χ0v) is 27.0. The van der Waals surface area contributed by atoms with Gasteiger partial charge in [-0.25, -0.2) is 17.6 Å². The molecule has 0 fully saturated rings. The van der Waals surface area contributed by atoms with Gasteiger partial charge in [0, 0.05) is 18.0 Å². The first-order valence-corrected chi connectivity index (χ1v) is 18.5. The monoisotopic (exact) mass is 635 g/mol. The minimum Gasteiger partial charge on any atom is -0.343 e. The highest BCUT2D eigenvalue weighted by Gasteiger charge is 2.16. The van der Waals surface area contributed by atoms with Crippen LogP contribution >= 0.6 is 0 Å². The highest BCUT2D eigenvalue weighted by molar-refractivity contribution is 7.89. The van der Waals surface area contributed by atoms with Crippen molar-refractivity contribution in [3.05, 3.63) is 59.7 Å². The fourth-order valence-electron chi connectivity index (χ4n) is 5.28. The van der Waals surface area contributed by atoms with E-state index in [1.54, 1.807) is 29.8 Å². The summed E-state index contributed by atoms with van der Waals surface area (Å²) < 4.78 is 75.0. The third-order valence-corrected chi connectivity index (χ3v) is 9.80. The van der Waals surface area contributed by atoms with E-state index in [-0.39, 0.29) is 27.0 Å². The van der Waals surface area contributed by atoms with Crippen molar-refractivity contribution < 1.29 is 25.8 Å². The Kier molecular flexibility index (Phi) is 13.7. The Balaban J connectivity index is 1.61. The number of pyridine rings is 1. The number of sulfonamides is 1. The van der Waals surface area contributed by atoms with Crippen LogP contribution in [0.25, 0.3) is 22.2 Å². The summed E-state index contributed by atoms with van der Waals surface area (Å²) in [7, 11) is -6.60. The van der Waals surface area contributed by atoms with Crippen LogP contribution in [-0.2, 0) is 27.2 Å². The number of rotatable bonds is 19. The maximum atomic E-state index is 14.7. The summed E-state index contributed by atoms with van der Waals surface area (Å²) in [6.45, 7) is 2.24. The molecule has 0 aliphatic rings. The maximum absolute atomic E-state index is 14.7. The Morgan fingerprint density at radius 1 is 0.791 bits per heavy atom. The van der Waals surface area contributed by atoms with E-state index in [0.29, 0.717) is 17.6 Å². The van der Waals surface area contributed by atoms with Gasteiger partial charge in [0.1, 0.15) is 5.82 Å². The molecule has 0 atom stereocenters. The number of halogens is 1. The van der Waals surface area contributed by atoms with E-state index in [1.807, 2.05) is 0 Å². The molecule has 3 aromatic rings. The van der Waals surface area contributed by atoms with Gasteiger partial charge in [-0.15, -0.1) is 0 Å². The van der Waals surface area contributed by atoms with Crippen molar-refractivity contribution in [2.75, 3.05) is 5.75 Å². The van der Waals surface area contributed by atoms with Crippen LogP contribution in [0, 0.1) is 5.82 Å². The van der Waals surface area contributed by atoms with Crippen LogP contribution in [0.4, 0.5) is 4.39 Å². The van der Waals surface area contributed by atoms with Crippen molar-refractivity contribution in [2.24, 2.45) is 12.1 Å². The lowest BCUT2D eigenvalue weighted by molar-refractivity contribution is 0.483. The van der Waals surface area contributed by atoms with E-state index in [2.05, 4.69) is 16.9 Å². The van der Waals surface area contributed by atoms with Gasteiger partial charge in [0.15, 0.2) is 0 Å². The summed E-state index contributed by atoms with van der Waals surface area (Å²) in [5.41, 5.74) is 1.15. The van der Waals surface area contributed by atoms with Gasteiger partial charge < -0.3 is 4.57 Å². The molecule has 0 saturated carbocycles. The number of hydrogen-bond donors (Lipinski definition) is 2. The smallest absolute Gasteiger partial charge is 0.294 e. The fourth-order valence-corrected chi connectivity index (χ4v) is 6.70. The molecule has 8 nitrogen and oxygen atoms in total. The average Bonchev–Trinajstić information content (AvgIpc) is 2.97. The third-order valence-electron chi connectivity index (χ3n) is 7.76. The summed E-state index contributed by atoms with van der Waals surface area (Å²) >= 11 is 0. The van der Waals surface area contributed by atoms with Gasteiger partial charge in [0.05, 0.1) is 27.2 Å². The predicted octanol–water partition coefficient (Wildman–Crippen LogP) is 7.45. The van der Waals surface area contributed by atoms with Crippen LogP contribution < -0.4 is 10.2 Å². The first-order chi connectivity index (χ1) is 20.5. The molecular formula is C32H46FN3O5S2. The number of benzene rings is 2. The number of hydrogen-bond acceptors (Lipinski definition) is 5. The van der Waals surface area contributed by atoms with Crippen molar-refractivity contribution in [1.82, 2.24) is 9.40 Å². The standard InChI is InChI=1S/C32H46FN3O5S2/c1-3-4-5-6-7-8-9-10-11-12-13-14-15-18-23-42(37,38)35-34-30-25-32(27-19-16-17-20-29(27)33)36(2)31-22-21-26(24-28(30)31)43(39,40)41/h16-17,19-22,24-25,35H,3-15,18,23H2,1-2H3,(H,39,40,41). The Hall–Kier alpha value is -2.76. The lowest BCUT2D eigenvalue weighted by atomic mass is 10.0. The molecular weight excluding hydrogens is 590 g/mol. The number of aromatic nitrogens is 1. The van der Waals surface area contributed by atoms with Gasteiger partial charge >= 0.3 is 0 Å². The van der Waals surface area contributed by atoms with Gasteiger partial charge in [-0.05, 0) is 42.8 Å². The molecule has 0 radical (unpaired) electrons. The SMILES string of the molecule is CCCCCCCCCCCCCCCCS(=O)(=O)NN=c1cc(-c2ccccc2F)n(C)c2ccc(S(=O)(=O)O)cc12. The Labute approximate surface area is 256 Å². The Morgan fingerprint density at radius 3 is 1.91 bits per heavy atom. The second-order valence-corrected chi connectivity index (χ2v) is 14.5. The number of nitrogens with one attached hydrogen (secondary N) is 1. The van der Waals surface area contributed by atoms with E-state index in [4.69, 9.17) is 0 Å². The van der Waals surface area contributed by atoms with Crippen LogP contribution in [-0.4, -0.2) is 31.7 Å². The summed E-state index contributed by atoms with van der Waals surface area (Å²) in [4.78, 5) is 1.91. The van der Waals surface area contributed by atoms with Crippen LogP contribution in [0.2, 0.25) is 0 Å². The van der Waals surface area contributed by atoms with Gasteiger partial charge in [0.2, 0.25) is 10.0 Å². The predicted molar refractivity (Wildman–Crippen MR) is 171 cm³/mol. The quantitative estimate of drug-likeness (QED) is 0.0806. The molecule has 0 aliphatic heterocycles. The third kappa shape index (κ3) is 11.0. The van der Waals surface area contributed by atoms with Gasteiger partial charge in [-0.1, -0.05) is 103 Å². The molecule has 3 rings (SSSR count). The summed E-state index contributed by atoms with van der Waals surface area (Å²) in [5, 5.41) is 4.49. The van der Waals surface area contributed by atoms with Crippen molar-refractivity contribution in [3.8, 4) is 11.3 Å². The molecule has 11 heteroatoms. The molecule has 1 heterocycles. The molecule has 0 bridgehead atoms. The second kappa shape index (κ2) is 16.9. The minimum atomic E-state index is -4.52. The van der Waals surface area contributed by atoms with E-state index in [9.17, 15) is 25.8 Å². The van der Waals surface area contributed by atoms with Crippen molar-refractivity contribution >= 4 is 31.0 Å². The molecule has 1 aromatic heterocycles. The highest BCUT2D eigenvalue weighted by Crippen LogP contribution is 2.25. The Morgan fingerprint density at radius 2 is 1.35 bits per heavy atom. The van der Waals surface area contributed by atoms with E-state index in [0.717, 1.165) is 19.3 Å². The summed E-state index contributed by atoms with van der Waals surface area (Å²) in [6.07, 6.45) is 16.3. The van der Waals surface area contributed by atoms with E-state index in [1.165, 1.54) is 94.5 Å². The molecule has 0 amide bonds. The van der Waals surface area contributed by atoms with E-state index >= 15 is 0 Å². The fraction of sp³-hybridized carbons (Fsp3) is 0.531. The van der Waals surface area contributed by atoms with Crippen molar-refractivity contribution in [3.63, 3.8) is 0 Å². The zero-order valence-electron chi connectivity index (χ0n) is 25.4. The number of nitrogens with zero attached hydrogens (tertiary/aromatic N) is 2. The van der Waals surface area contributed by atoms with Crippen molar-refractivity contribution in [2.45, 2.75) is 102 Å². The first-order valence-electron chi connectivity index (χ1n) is 15.4. The van der Waals surface area contributed by atoms with Gasteiger partial charge in [-0.2, -0.15) is 13.5 Å². The molecule has 0 saturated heterocycles. The Bertz CT molecular complexity index is 1620. The van der Waals surface area contributed by atoms with E-state index < -0.39 is 26.0 Å². The lowest BCUT2D eigenvalue weighted by Gasteiger charge is -2.15. The molecule has 2 aromatic carbocycles. The average molecular weight is 636 g/mol. The summed E-state index contributed by atoms with van der Waals surface area (Å²) in [5.74, 6) is -0.569. The first kappa shape index (κ1) is 34.7. The largest absolute Gasteiger partial charge is 0.343 e. The molecule has 0 aliphatic carbocycles. The molecule has 0 unspecified atom stereocenters. The molecule has 2 N–H and O–H groups in total. The molecule has 0 spiro atoms. The number of fused-ring (bicyclic) bond motifs is 1. The molecule has 43 heavy (non-hydrogen) atoms. The van der Waals surface area contributed by atoms with Gasteiger partial charge in [-0.3, -0.25) is 4.55 Å². The topological polar surface area (TPSA) is 118 Å². The van der Waals surface area contributed by atoms with Crippen molar-refractivity contribution in [1.29, 1.82) is 0 Å². The molecule has 238 valence electrons. The number of unbranched alkanes of at least 4 members (excludes halogenated alkanes) is 13. The zero-order chi connectivity index (χ0) is 31.3. The lowest BCUT2D eigenvalue weighted by Crippen LogP contribution is -2.25. The normalized spacial score (nSPS) is 12.7. The van der Waals surface area contributed by atoms with Crippen LogP contribution in [0.5, 0.6) is 0 Å². The van der Waals surface area contributed by atoms with Crippen LogP contribution in [0.3, 0.4) is 0 Å². The second-order valence-electron chi connectivity index (χ2n) is 11.2. The highest BCUT2D eigenvalue weighted by atomic mass is 32.2. The van der Waals surface area contributed by atoms with Crippen LogP contribution in [0.1, 0.15) is 96.8 Å².